The number of ether oxygens (including phenoxy) is 4. The summed E-state index contributed by atoms with van der Waals surface area (Å²) in [6, 6.07) is 27.5. The Balaban J connectivity index is 1.36. The Morgan fingerprint density at radius 1 is 0.886 bits per heavy atom. The predicted octanol–water partition coefficient (Wildman–Crippen LogP) is 3.37. The lowest BCUT2D eigenvalue weighted by molar-refractivity contribution is -0.282. The van der Waals surface area contributed by atoms with Crippen LogP contribution in [0.1, 0.15) is 24.0 Å². The summed E-state index contributed by atoms with van der Waals surface area (Å²) >= 11 is 0. The molecule has 10 nitrogen and oxygen atoms in total. The monoisotopic (exact) mass is 600 g/mol. The highest BCUT2D eigenvalue weighted by Gasteiger charge is 2.47. The van der Waals surface area contributed by atoms with Crippen molar-refractivity contribution in [3.63, 3.8) is 0 Å². The second-order valence-corrected chi connectivity index (χ2v) is 10.9. The van der Waals surface area contributed by atoms with Crippen LogP contribution in [-0.4, -0.2) is 67.9 Å². The van der Waals surface area contributed by atoms with Crippen molar-refractivity contribution < 1.29 is 28.8 Å². The van der Waals surface area contributed by atoms with Gasteiger partial charge in [-0.15, -0.1) is 0 Å². The fourth-order valence-electron chi connectivity index (χ4n) is 5.45. The Morgan fingerprint density at radius 2 is 1.48 bits per heavy atom. The van der Waals surface area contributed by atoms with Gasteiger partial charge in [0.1, 0.15) is 24.4 Å². The van der Waals surface area contributed by atoms with Crippen LogP contribution in [-0.2, 0) is 37.0 Å². The number of hydrogen-bond acceptors (Lipinski definition) is 7. The average Bonchev–Trinajstić information content (AvgIpc) is 3.03. The minimum absolute atomic E-state index is 0.0253. The number of guanidine groups is 1. The molecule has 0 aromatic heterocycles. The lowest BCUT2D eigenvalue weighted by Gasteiger charge is -2.44. The summed E-state index contributed by atoms with van der Waals surface area (Å²) < 4.78 is 24.3. The topological polar surface area (TPSA) is 151 Å². The molecule has 1 unspecified atom stereocenters. The van der Waals surface area contributed by atoms with Gasteiger partial charge in [-0.05, 0) is 51.2 Å². The maximum Gasteiger partial charge on any atom is 0.220 e. The van der Waals surface area contributed by atoms with Crippen molar-refractivity contribution in [1.29, 1.82) is 0 Å². The Labute approximate surface area is 256 Å². The molecule has 1 heterocycles. The number of methoxy groups -OCH3 is 1. The molecule has 0 bridgehead atoms. The van der Waals surface area contributed by atoms with Crippen molar-refractivity contribution in [1.82, 2.24) is 5.32 Å². The number of benzene rings is 4. The smallest absolute Gasteiger partial charge is 0.220 e. The van der Waals surface area contributed by atoms with E-state index in [0.29, 0.717) is 13.0 Å². The first-order valence-electron chi connectivity index (χ1n) is 14.8. The number of rotatable bonds is 13. The van der Waals surface area contributed by atoms with Gasteiger partial charge in [0.25, 0.3) is 0 Å². The SMILES string of the molecule is COC[C@H]1OC(OCc2ccc3ccccc3c2)[C@H](NC(=O)CCCN=C(N)N)[C@@H](OCc2ccc3ccccc3c2)[C@@H]1O. The molecule has 10 heteroatoms. The van der Waals surface area contributed by atoms with Gasteiger partial charge in [-0.2, -0.15) is 0 Å². The standard InChI is InChI=1S/C34H40N4O6/c1-41-21-28-31(40)32(42-19-22-12-14-24-7-2-4-9-26(24)17-22)30(38-29(39)11-6-16-37-34(35)36)33(44-28)43-20-23-13-15-25-8-3-5-10-27(25)18-23/h2-5,7-10,12-15,17-18,28,30-33,40H,6,11,16,19-21H2,1H3,(H,38,39)(H4,35,36,37)/t28-,30-,31-,32-,33?/m1/s1. The van der Waals surface area contributed by atoms with Gasteiger partial charge in [0, 0.05) is 20.1 Å². The zero-order valence-electron chi connectivity index (χ0n) is 24.8. The number of carbonyl (C=O) groups excluding carboxylic acids is 1. The van der Waals surface area contributed by atoms with Gasteiger partial charge in [0.15, 0.2) is 12.2 Å². The average molecular weight is 601 g/mol. The van der Waals surface area contributed by atoms with Gasteiger partial charge in [0.05, 0.1) is 19.8 Å². The molecule has 1 saturated heterocycles. The van der Waals surface area contributed by atoms with Crippen LogP contribution < -0.4 is 16.8 Å². The molecule has 232 valence electrons. The van der Waals surface area contributed by atoms with E-state index >= 15 is 0 Å². The van der Waals surface area contributed by atoms with E-state index in [9.17, 15) is 9.90 Å². The molecule has 1 aliphatic rings. The third kappa shape index (κ3) is 8.10. The third-order valence-electron chi connectivity index (χ3n) is 7.67. The van der Waals surface area contributed by atoms with Crippen molar-refractivity contribution in [3.05, 3.63) is 96.1 Å². The number of hydrogen-bond donors (Lipinski definition) is 4. The van der Waals surface area contributed by atoms with Crippen LogP contribution in [0.15, 0.2) is 89.9 Å². The van der Waals surface area contributed by atoms with Crippen molar-refractivity contribution in [2.75, 3.05) is 20.3 Å². The lowest BCUT2D eigenvalue weighted by Crippen LogP contribution is -2.65. The van der Waals surface area contributed by atoms with E-state index in [1.165, 1.54) is 7.11 Å². The first-order chi connectivity index (χ1) is 21.4. The fourth-order valence-corrected chi connectivity index (χ4v) is 5.45. The van der Waals surface area contributed by atoms with E-state index in [1.807, 2.05) is 66.7 Å². The van der Waals surface area contributed by atoms with Crippen molar-refractivity contribution >= 4 is 33.4 Å². The molecule has 5 rings (SSSR count). The minimum Gasteiger partial charge on any atom is -0.388 e. The van der Waals surface area contributed by atoms with E-state index in [-0.39, 0.29) is 38.1 Å². The maximum absolute atomic E-state index is 13.1. The predicted molar refractivity (Wildman–Crippen MR) is 170 cm³/mol. The van der Waals surface area contributed by atoms with Gasteiger partial charge in [-0.1, -0.05) is 72.8 Å². The number of aliphatic hydroxyl groups excluding tert-OH is 1. The summed E-state index contributed by atoms with van der Waals surface area (Å²) in [4.78, 5) is 17.1. The van der Waals surface area contributed by atoms with Crippen LogP contribution in [0, 0.1) is 0 Å². The molecule has 0 aliphatic carbocycles. The maximum atomic E-state index is 13.1. The highest BCUT2D eigenvalue weighted by molar-refractivity contribution is 5.83. The van der Waals surface area contributed by atoms with Crippen LogP contribution in [0.2, 0.25) is 0 Å². The molecule has 6 N–H and O–H groups in total. The zero-order valence-corrected chi connectivity index (χ0v) is 24.8. The van der Waals surface area contributed by atoms with Crippen molar-refractivity contribution in [2.45, 2.75) is 56.7 Å². The van der Waals surface area contributed by atoms with E-state index < -0.39 is 30.6 Å². The summed E-state index contributed by atoms with van der Waals surface area (Å²) in [6.07, 6.45) is -3.00. The van der Waals surface area contributed by atoms with Gasteiger partial charge in [0.2, 0.25) is 5.91 Å². The van der Waals surface area contributed by atoms with Gasteiger partial charge >= 0.3 is 0 Å². The number of nitrogens with one attached hydrogen (secondary N) is 1. The number of fused-ring (bicyclic) bond motifs is 2. The van der Waals surface area contributed by atoms with Crippen LogP contribution in [0.5, 0.6) is 0 Å². The number of amides is 1. The second-order valence-electron chi connectivity index (χ2n) is 10.9. The number of carbonyl (C=O) groups is 1. The normalized spacial score (nSPS) is 21.7. The number of nitrogens with two attached hydrogens (primary N) is 2. The van der Waals surface area contributed by atoms with Crippen LogP contribution in [0.25, 0.3) is 21.5 Å². The van der Waals surface area contributed by atoms with E-state index in [4.69, 9.17) is 30.4 Å². The first kappa shape index (κ1) is 31.4. The summed E-state index contributed by atoms with van der Waals surface area (Å²) in [6.45, 7) is 0.866. The van der Waals surface area contributed by atoms with Crippen molar-refractivity contribution in [3.8, 4) is 0 Å². The van der Waals surface area contributed by atoms with Crippen molar-refractivity contribution in [2.24, 2.45) is 16.5 Å². The number of aliphatic hydroxyl groups is 1. The summed E-state index contributed by atoms with van der Waals surface area (Å²) in [5.74, 6) is -0.289. The van der Waals surface area contributed by atoms with Gasteiger partial charge < -0.3 is 40.8 Å². The summed E-state index contributed by atoms with van der Waals surface area (Å²) in [5.41, 5.74) is 12.7. The fraction of sp³-hybridized carbons (Fsp3) is 0.353. The Bertz CT molecular complexity index is 1580. The van der Waals surface area contributed by atoms with Crippen LogP contribution in [0.4, 0.5) is 0 Å². The Hall–Kier alpha value is -4.06. The second kappa shape index (κ2) is 15.1. The van der Waals surface area contributed by atoms with E-state index in [0.717, 1.165) is 32.7 Å². The highest BCUT2D eigenvalue weighted by Crippen LogP contribution is 2.28. The molecule has 1 fully saturated rings. The lowest BCUT2D eigenvalue weighted by atomic mass is 9.96. The number of aliphatic imine (C=N–C) groups is 1. The number of nitrogens with zero attached hydrogens (tertiary/aromatic N) is 1. The zero-order chi connectivity index (χ0) is 30.9. The van der Waals surface area contributed by atoms with E-state index in [1.54, 1.807) is 0 Å². The molecule has 0 radical (unpaired) electrons. The third-order valence-corrected chi connectivity index (χ3v) is 7.67. The summed E-state index contributed by atoms with van der Waals surface area (Å²) in [7, 11) is 1.54. The molecule has 1 amide bonds. The minimum atomic E-state index is -1.09. The summed E-state index contributed by atoms with van der Waals surface area (Å²) in [5, 5.41) is 18.8. The molecular formula is C34H40N4O6. The Morgan fingerprint density at radius 3 is 2.07 bits per heavy atom. The molecular weight excluding hydrogens is 560 g/mol. The van der Waals surface area contributed by atoms with Gasteiger partial charge in [-0.3, -0.25) is 9.79 Å². The van der Waals surface area contributed by atoms with E-state index in [2.05, 4.69) is 28.5 Å². The molecule has 1 aliphatic heterocycles. The van der Waals surface area contributed by atoms with Crippen LogP contribution >= 0.6 is 0 Å². The molecule has 0 spiro atoms. The quantitative estimate of drug-likeness (QED) is 0.104. The van der Waals surface area contributed by atoms with Crippen LogP contribution in [0.3, 0.4) is 0 Å². The molecule has 4 aromatic carbocycles. The largest absolute Gasteiger partial charge is 0.388 e. The molecule has 44 heavy (non-hydrogen) atoms. The molecule has 4 aromatic rings. The van der Waals surface area contributed by atoms with Gasteiger partial charge in [-0.25, -0.2) is 0 Å². The molecule has 0 saturated carbocycles. The first-order valence-corrected chi connectivity index (χ1v) is 14.8. The molecule has 5 atom stereocenters. The highest BCUT2D eigenvalue weighted by atomic mass is 16.7. The Kier molecular flexibility index (Phi) is 10.8.